The van der Waals surface area contributed by atoms with Crippen molar-refractivity contribution in [3.05, 3.63) is 0 Å². The molecule has 0 nitrogen and oxygen atoms in total. The van der Waals surface area contributed by atoms with Crippen molar-refractivity contribution in [1.29, 1.82) is 0 Å². The maximum absolute atomic E-state index is 4.04. The molecule has 0 N–H and O–H groups in total. The summed E-state index contributed by atoms with van der Waals surface area (Å²) in [5, 5.41) is 0. The third kappa shape index (κ3) is 1.36. The highest BCUT2D eigenvalue weighted by Gasteiger charge is 2.57. The molecule has 4 rings (SSSR count). The van der Waals surface area contributed by atoms with E-state index in [0.29, 0.717) is 14.6 Å². The van der Waals surface area contributed by atoms with E-state index in [9.17, 15) is 0 Å². The van der Waals surface area contributed by atoms with Gasteiger partial charge in [0.2, 0.25) is 0 Å². The van der Waals surface area contributed by atoms with Crippen molar-refractivity contribution in [3.8, 4) is 0 Å². The highest BCUT2D eigenvalue weighted by Crippen LogP contribution is 2.66. The van der Waals surface area contributed by atoms with Gasteiger partial charge in [-0.05, 0) is 55.8 Å². The molecule has 4 aliphatic carbocycles. The third-order valence-electron chi connectivity index (χ3n) is 4.88. The van der Waals surface area contributed by atoms with Gasteiger partial charge < -0.3 is 0 Å². The Morgan fingerprint density at radius 2 is 1.71 bits per heavy atom. The van der Waals surface area contributed by atoms with Crippen LogP contribution in [0.3, 0.4) is 0 Å². The van der Waals surface area contributed by atoms with Crippen LogP contribution >= 0.6 is 31.9 Å². The van der Waals surface area contributed by atoms with Gasteiger partial charge in [0.15, 0.2) is 0 Å². The van der Waals surface area contributed by atoms with E-state index in [4.69, 9.17) is 0 Å². The van der Waals surface area contributed by atoms with E-state index >= 15 is 0 Å². The molecule has 0 amide bonds. The molecule has 14 heavy (non-hydrogen) atoms. The minimum Gasteiger partial charge on any atom is -0.0888 e. The van der Waals surface area contributed by atoms with Gasteiger partial charge in [0.25, 0.3) is 0 Å². The normalized spacial score (nSPS) is 57.6. The van der Waals surface area contributed by atoms with Gasteiger partial charge in [0.1, 0.15) is 0 Å². The standard InChI is InChI=1S/C12H18Br2/c1-8(13)11-3-9-2-10(4-11)6-12(14,5-9)7-11/h8-10H,2-7H2,1H3/t8-,9+,10+,11?,12?/m0/s1. The summed E-state index contributed by atoms with van der Waals surface area (Å²) >= 11 is 7.91. The van der Waals surface area contributed by atoms with E-state index < -0.39 is 0 Å². The molecule has 4 fully saturated rings. The Morgan fingerprint density at radius 1 is 1.14 bits per heavy atom. The second-order valence-corrected chi connectivity index (χ2v) is 9.15. The smallest absolute Gasteiger partial charge is 0.0269 e. The van der Waals surface area contributed by atoms with E-state index in [0.717, 1.165) is 11.8 Å². The summed E-state index contributed by atoms with van der Waals surface area (Å²) in [6, 6.07) is 0. The van der Waals surface area contributed by atoms with E-state index in [1.165, 1.54) is 38.5 Å². The molecule has 2 heteroatoms. The van der Waals surface area contributed by atoms with Crippen molar-refractivity contribution in [2.75, 3.05) is 0 Å². The Bertz CT molecular complexity index is 245. The Labute approximate surface area is 103 Å². The fourth-order valence-corrected chi connectivity index (χ4v) is 6.70. The van der Waals surface area contributed by atoms with Gasteiger partial charge in [0, 0.05) is 9.15 Å². The maximum atomic E-state index is 4.04. The summed E-state index contributed by atoms with van der Waals surface area (Å²) < 4.78 is 0.527. The molecule has 0 saturated heterocycles. The second-order valence-electron chi connectivity index (χ2n) is 6.09. The van der Waals surface area contributed by atoms with Crippen LogP contribution in [-0.2, 0) is 0 Å². The number of rotatable bonds is 1. The molecule has 4 aliphatic rings. The van der Waals surface area contributed by atoms with E-state index in [-0.39, 0.29) is 0 Å². The average molecular weight is 322 g/mol. The SMILES string of the molecule is C[C@H](Br)C12C[C@H]3C[C@@H](CC(Br)(C3)C1)C2. The minimum atomic E-state index is 0.527. The first-order valence-electron chi connectivity index (χ1n) is 5.84. The second kappa shape index (κ2) is 3.00. The lowest BCUT2D eigenvalue weighted by Crippen LogP contribution is -2.55. The van der Waals surface area contributed by atoms with Crippen LogP contribution < -0.4 is 0 Å². The van der Waals surface area contributed by atoms with Gasteiger partial charge in [-0.3, -0.25) is 0 Å². The molecule has 0 unspecified atom stereocenters. The van der Waals surface area contributed by atoms with E-state index in [1.807, 2.05) is 0 Å². The van der Waals surface area contributed by atoms with Crippen LogP contribution in [-0.4, -0.2) is 9.15 Å². The van der Waals surface area contributed by atoms with Gasteiger partial charge in [-0.2, -0.15) is 0 Å². The molecule has 0 radical (unpaired) electrons. The molecule has 0 aromatic rings. The van der Waals surface area contributed by atoms with Crippen molar-refractivity contribution in [3.63, 3.8) is 0 Å². The summed E-state index contributed by atoms with van der Waals surface area (Å²) in [6.45, 7) is 2.36. The van der Waals surface area contributed by atoms with Crippen LogP contribution in [0.15, 0.2) is 0 Å². The molecule has 80 valence electrons. The zero-order valence-electron chi connectivity index (χ0n) is 8.73. The largest absolute Gasteiger partial charge is 0.0888 e. The first-order valence-corrected chi connectivity index (χ1v) is 7.55. The monoisotopic (exact) mass is 320 g/mol. The van der Waals surface area contributed by atoms with Gasteiger partial charge in [-0.15, -0.1) is 0 Å². The van der Waals surface area contributed by atoms with Crippen LogP contribution in [0.1, 0.15) is 45.4 Å². The number of hydrogen-bond acceptors (Lipinski definition) is 0. The Balaban J connectivity index is 1.96. The van der Waals surface area contributed by atoms with Gasteiger partial charge >= 0.3 is 0 Å². The molecular weight excluding hydrogens is 304 g/mol. The van der Waals surface area contributed by atoms with Gasteiger partial charge in [-0.1, -0.05) is 38.8 Å². The fourth-order valence-electron chi connectivity index (χ4n) is 4.69. The summed E-state index contributed by atoms with van der Waals surface area (Å²) in [5.41, 5.74) is 0.633. The number of halogens is 2. The molecule has 0 heterocycles. The topological polar surface area (TPSA) is 0 Å². The predicted molar refractivity (Wildman–Crippen MR) is 67.2 cm³/mol. The molecule has 3 atom stereocenters. The van der Waals surface area contributed by atoms with Crippen LogP contribution in [0.25, 0.3) is 0 Å². The molecule has 0 aliphatic heterocycles. The van der Waals surface area contributed by atoms with Gasteiger partial charge in [-0.25, -0.2) is 0 Å². The zero-order chi connectivity index (χ0) is 9.97. The maximum Gasteiger partial charge on any atom is 0.0269 e. The number of hydrogen-bond donors (Lipinski definition) is 0. The van der Waals surface area contributed by atoms with Crippen molar-refractivity contribution in [2.45, 2.75) is 54.6 Å². The Morgan fingerprint density at radius 3 is 2.14 bits per heavy atom. The van der Waals surface area contributed by atoms with E-state index in [2.05, 4.69) is 38.8 Å². The summed E-state index contributed by atoms with van der Waals surface area (Å²) in [4.78, 5) is 0.706. The highest BCUT2D eigenvalue weighted by molar-refractivity contribution is 9.10. The summed E-state index contributed by atoms with van der Waals surface area (Å²) in [6.07, 6.45) is 8.82. The predicted octanol–water partition coefficient (Wildman–Crippen LogP) is 4.50. The van der Waals surface area contributed by atoms with Crippen LogP contribution in [0.5, 0.6) is 0 Å². The first-order chi connectivity index (χ1) is 6.51. The number of alkyl halides is 2. The summed E-state index contributed by atoms with van der Waals surface area (Å²) in [5.74, 6) is 2.05. The Hall–Kier alpha value is 0.960. The zero-order valence-corrected chi connectivity index (χ0v) is 11.9. The van der Waals surface area contributed by atoms with Crippen LogP contribution in [0.2, 0.25) is 0 Å². The average Bonchev–Trinajstić information content (AvgIpc) is 1.98. The first kappa shape index (κ1) is 10.1. The summed E-state index contributed by atoms with van der Waals surface area (Å²) in [7, 11) is 0. The molecule has 0 aromatic heterocycles. The third-order valence-corrected chi connectivity index (χ3v) is 6.78. The van der Waals surface area contributed by atoms with Crippen LogP contribution in [0, 0.1) is 17.3 Å². The van der Waals surface area contributed by atoms with Crippen molar-refractivity contribution in [2.24, 2.45) is 17.3 Å². The molecule has 0 spiro atoms. The molecule has 0 aromatic carbocycles. The lowest BCUT2D eigenvalue weighted by molar-refractivity contribution is -0.0322. The van der Waals surface area contributed by atoms with Crippen molar-refractivity contribution >= 4 is 31.9 Å². The van der Waals surface area contributed by atoms with Gasteiger partial charge in [0.05, 0.1) is 0 Å². The lowest BCUT2D eigenvalue weighted by Gasteiger charge is -2.61. The quantitative estimate of drug-likeness (QED) is 0.624. The molecule has 4 bridgehead atoms. The molecular formula is C12H18Br2. The van der Waals surface area contributed by atoms with E-state index in [1.54, 1.807) is 0 Å². The van der Waals surface area contributed by atoms with Crippen molar-refractivity contribution < 1.29 is 0 Å². The lowest BCUT2D eigenvalue weighted by atomic mass is 9.49. The van der Waals surface area contributed by atoms with Crippen molar-refractivity contribution in [1.82, 2.24) is 0 Å². The highest BCUT2D eigenvalue weighted by atomic mass is 79.9. The molecule has 4 saturated carbocycles. The Kier molecular flexibility index (Phi) is 2.17. The minimum absolute atomic E-state index is 0.527. The van der Waals surface area contributed by atoms with Crippen LogP contribution in [0.4, 0.5) is 0 Å². The fraction of sp³-hybridized carbons (Fsp3) is 1.00.